The minimum Gasteiger partial charge on any atom is -0.456 e. The van der Waals surface area contributed by atoms with Crippen molar-refractivity contribution in [1.29, 1.82) is 0 Å². The Morgan fingerprint density at radius 2 is 1.84 bits per heavy atom. The van der Waals surface area contributed by atoms with E-state index in [-0.39, 0.29) is 0 Å². The molecule has 0 spiro atoms. The molecule has 0 fully saturated rings. The van der Waals surface area contributed by atoms with E-state index < -0.39 is 0 Å². The van der Waals surface area contributed by atoms with Gasteiger partial charge in [0, 0.05) is 6.04 Å². The van der Waals surface area contributed by atoms with Gasteiger partial charge < -0.3 is 10.1 Å². The van der Waals surface area contributed by atoms with Crippen LogP contribution in [-0.2, 0) is 0 Å². The number of nitrogens with zero attached hydrogens (tertiary/aromatic N) is 1. The first-order valence-electron chi connectivity index (χ1n) is 6.75. The van der Waals surface area contributed by atoms with E-state index in [1.54, 1.807) is 6.20 Å². The minimum absolute atomic E-state index is 0.316. The second-order valence-electron chi connectivity index (χ2n) is 4.35. The zero-order valence-electron chi connectivity index (χ0n) is 11.5. The molecule has 0 saturated heterocycles. The molecule has 2 rings (SSSR count). The van der Waals surface area contributed by atoms with Gasteiger partial charge in [0.15, 0.2) is 0 Å². The molecule has 2 aromatic rings. The summed E-state index contributed by atoms with van der Waals surface area (Å²) in [6, 6.07) is 14.0. The van der Waals surface area contributed by atoms with Gasteiger partial charge in [-0.3, -0.25) is 4.98 Å². The van der Waals surface area contributed by atoms with E-state index >= 15 is 0 Å². The van der Waals surface area contributed by atoms with Crippen molar-refractivity contribution in [3.05, 3.63) is 54.4 Å². The van der Waals surface area contributed by atoms with Gasteiger partial charge in [-0.1, -0.05) is 32.0 Å². The molecular weight excluding hydrogens is 236 g/mol. The van der Waals surface area contributed by atoms with E-state index in [2.05, 4.69) is 24.1 Å². The molecule has 0 radical (unpaired) electrons. The normalized spacial score (nSPS) is 12.1. The van der Waals surface area contributed by atoms with Gasteiger partial charge in [0.1, 0.15) is 11.5 Å². The van der Waals surface area contributed by atoms with Crippen LogP contribution in [0.4, 0.5) is 0 Å². The van der Waals surface area contributed by atoms with Gasteiger partial charge in [0.2, 0.25) is 0 Å². The van der Waals surface area contributed by atoms with Crippen LogP contribution < -0.4 is 10.1 Å². The highest BCUT2D eigenvalue weighted by Gasteiger charge is 2.09. The molecule has 0 saturated carbocycles. The van der Waals surface area contributed by atoms with Crippen molar-refractivity contribution in [1.82, 2.24) is 10.3 Å². The maximum Gasteiger partial charge on any atom is 0.145 e. The van der Waals surface area contributed by atoms with Crippen LogP contribution in [0.15, 0.2) is 48.7 Å². The van der Waals surface area contributed by atoms with E-state index in [0.29, 0.717) is 6.04 Å². The Bertz CT molecular complexity index is 482. The van der Waals surface area contributed by atoms with Crippen LogP contribution in [0.2, 0.25) is 0 Å². The fraction of sp³-hybridized carbons (Fsp3) is 0.312. The monoisotopic (exact) mass is 256 g/mol. The molecule has 1 aromatic heterocycles. The zero-order valence-corrected chi connectivity index (χ0v) is 11.5. The predicted octanol–water partition coefficient (Wildman–Crippen LogP) is 3.93. The number of pyridine rings is 1. The average Bonchev–Trinajstić information content (AvgIpc) is 2.47. The molecule has 1 heterocycles. The topological polar surface area (TPSA) is 34.1 Å². The molecule has 19 heavy (non-hydrogen) atoms. The molecule has 0 amide bonds. The summed E-state index contributed by atoms with van der Waals surface area (Å²) in [6.45, 7) is 5.21. The second-order valence-corrected chi connectivity index (χ2v) is 4.35. The van der Waals surface area contributed by atoms with Crippen LogP contribution in [0.3, 0.4) is 0 Å². The van der Waals surface area contributed by atoms with Crippen LogP contribution >= 0.6 is 0 Å². The molecule has 0 bridgehead atoms. The zero-order chi connectivity index (χ0) is 13.5. The Balaban J connectivity index is 2.06. The first-order valence-corrected chi connectivity index (χ1v) is 6.75. The molecule has 1 atom stereocenters. The van der Waals surface area contributed by atoms with Gasteiger partial charge in [-0.05, 0) is 37.2 Å². The fourth-order valence-electron chi connectivity index (χ4n) is 1.99. The van der Waals surface area contributed by atoms with E-state index in [1.165, 1.54) is 0 Å². The summed E-state index contributed by atoms with van der Waals surface area (Å²) < 4.78 is 5.72. The molecule has 0 aliphatic heterocycles. The lowest BCUT2D eigenvalue weighted by Crippen LogP contribution is -2.20. The Morgan fingerprint density at radius 3 is 2.42 bits per heavy atom. The molecule has 3 nitrogen and oxygen atoms in total. The van der Waals surface area contributed by atoms with Gasteiger partial charge in [0.25, 0.3) is 0 Å². The third kappa shape index (κ3) is 3.80. The van der Waals surface area contributed by atoms with Crippen molar-refractivity contribution in [3.8, 4) is 11.5 Å². The molecule has 3 heteroatoms. The van der Waals surface area contributed by atoms with Crippen LogP contribution in [0.1, 0.15) is 32.0 Å². The Kier molecular flexibility index (Phi) is 4.93. The van der Waals surface area contributed by atoms with Crippen LogP contribution in [0, 0.1) is 0 Å². The maximum atomic E-state index is 5.72. The van der Waals surface area contributed by atoms with Crippen molar-refractivity contribution in [2.24, 2.45) is 0 Å². The van der Waals surface area contributed by atoms with Gasteiger partial charge in [-0.15, -0.1) is 0 Å². The fourth-order valence-corrected chi connectivity index (χ4v) is 1.99. The highest BCUT2D eigenvalue weighted by molar-refractivity contribution is 5.30. The number of aromatic nitrogens is 1. The molecule has 1 aromatic carbocycles. The quantitative estimate of drug-likeness (QED) is 0.850. The molecule has 1 N–H and O–H groups in total. The summed E-state index contributed by atoms with van der Waals surface area (Å²) in [5, 5.41) is 3.41. The SMILES string of the molecule is CCNC(CC)c1ccc(Oc2ccccc2)cn1. The summed E-state index contributed by atoms with van der Waals surface area (Å²) in [4.78, 5) is 4.48. The molecular formula is C16H20N2O. The van der Waals surface area contributed by atoms with Gasteiger partial charge in [0.05, 0.1) is 11.9 Å². The Labute approximate surface area is 114 Å². The molecule has 0 aliphatic rings. The highest BCUT2D eigenvalue weighted by atomic mass is 16.5. The third-order valence-electron chi connectivity index (χ3n) is 2.95. The number of ether oxygens (including phenoxy) is 1. The number of benzene rings is 1. The van der Waals surface area contributed by atoms with Crippen LogP contribution in [0.5, 0.6) is 11.5 Å². The maximum absolute atomic E-state index is 5.72. The smallest absolute Gasteiger partial charge is 0.145 e. The Hall–Kier alpha value is -1.87. The van der Waals surface area contributed by atoms with Crippen molar-refractivity contribution >= 4 is 0 Å². The minimum atomic E-state index is 0.316. The predicted molar refractivity (Wildman–Crippen MR) is 77.5 cm³/mol. The summed E-state index contributed by atoms with van der Waals surface area (Å²) >= 11 is 0. The number of hydrogen-bond donors (Lipinski definition) is 1. The summed E-state index contributed by atoms with van der Waals surface area (Å²) in [5.41, 5.74) is 1.06. The first-order chi connectivity index (χ1) is 9.33. The first kappa shape index (κ1) is 13.6. The van der Waals surface area contributed by atoms with E-state index in [4.69, 9.17) is 4.74 Å². The number of para-hydroxylation sites is 1. The van der Waals surface area contributed by atoms with Crippen LogP contribution in [0.25, 0.3) is 0 Å². The average molecular weight is 256 g/mol. The largest absolute Gasteiger partial charge is 0.456 e. The lowest BCUT2D eigenvalue weighted by molar-refractivity contribution is 0.476. The van der Waals surface area contributed by atoms with E-state index in [0.717, 1.165) is 30.2 Å². The van der Waals surface area contributed by atoms with Crippen molar-refractivity contribution in [3.63, 3.8) is 0 Å². The Morgan fingerprint density at radius 1 is 1.05 bits per heavy atom. The lowest BCUT2D eigenvalue weighted by Gasteiger charge is -2.15. The molecule has 1 unspecified atom stereocenters. The summed E-state index contributed by atoms with van der Waals surface area (Å²) in [5.74, 6) is 1.59. The van der Waals surface area contributed by atoms with Crippen molar-refractivity contribution in [2.75, 3.05) is 6.54 Å². The highest BCUT2D eigenvalue weighted by Crippen LogP contribution is 2.22. The summed E-state index contributed by atoms with van der Waals surface area (Å²) in [6.07, 6.45) is 2.81. The van der Waals surface area contributed by atoms with E-state index in [1.807, 2.05) is 42.5 Å². The second kappa shape index (κ2) is 6.90. The standard InChI is InChI=1S/C16H20N2O/c1-3-15(17-4-2)16-11-10-14(12-18-16)19-13-8-6-5-7-9-13/h5-12,15,17H,3-4H2,1-2H3. The number of nitrogens with one attached hydrogen (secondary N) is 1. The third-order valence-corrected chi connectivity index (χ3v) is 2.95. The number of rotatable bonds is 6. The number of hydrogen-bond acceptors (Lipinski definition) is 3. The van der Waals surface area contributed by atoms with Gasteiger partial charge in [-0.25, -0.2) is 0 Å². The van der Waals surface area contributed by atoms with Gasteiger partial charge >= 0.3 is 0 Å². The molecule has 0 aliphatic carbocycles. The van der Waals surface area contributed by atoms with Crippen molar-refractivity contribution in [2.45, 2.75) is 26.3 Å². The summed E-state index contributed by atoms with van der Waals surface area (Å²) in [7, 11) is 0. The van der Waals surface area contributed by atoms with E-state index in [9.17, 15) is 0 Å². The van der Waals surface area contributed by atoms with Crippen molar-refractivity contribution < 1.29 is 4.74 Å². The van der Waals surface area contributed by atoms with Crippen LogP contribution in [-0.4, -0.2) is 11.5 Å². The molecule has 100 valence electrons. The van der Waals surface area contributed by atoms with Gasteiger partial charge in [-0.2, -0.15) is 0 Å². The lowest BCUT2D eigenvalue weighted by atomic mass is 10.1.